The van der Waals surface area contributed by atoms with Gasteiger partial charge in [-0.2, -0.15) is 0 Å². The third kappa shape index (κ3) is 3.09. The summed E-state index contributed by atoms with van der Waals surface area (Å²) in [4.78, 5) is 24.0. The number of ketones is 1. The molecule has 0 aromatic heterocycles. The van der Waals surface area contributed by atoms with Crippen molar-refractivity contribution >= 4 is 17.8 Å². The van der Waals surface area contributed by atoms with E-state index in [0.29, 0.717) is 12.2 Å². The van der Waals surface area contributed by atoms with E-state index in [4.69, 9.17) is 4.74 Å². The number of esters is 1. The molecule has 116 valence electrons. The number of carbonyl (C=O) groups excluding carboxylic acids is 2. The van der Waals surface area contributed by atoms with Crippen molar-refractivity contribution in [3.8, 4) is 11.1 Å². The van der Waals surface area contributed by atoms with Crippen LogP contribution in [0.15, 0.2) is 48.5 Å². The Labute approximate surface area is 135 Å². The number of carbonyl (C=O) groups is 2. The van der Waals surface area contributed by atoms with Crippen LogP contribution in [0.4, 0.5) is 0 Å². The molecule has 0 saturated heterocycles. The van der Waals surface area contributed by atoms with Gasteiger partial charge in [0.15, 0.2) is 5.78 Å². The summed E-state index contributed by atoms with van der Waals surface area (Å²) in [5.41, 5.74) is 4.17. The molecule has 3 heteroatoms. The van der Waals surface area contributed by atoms with Gasteiger partial charge >= 0.3 is 5.97 Å². The fraction of sp³-hybridized carbons (Fsp3) is 0.200. The lowest BCUT2D eigenvalue weighted by Crippen LogP contribution is -2.01. The minimum Gasteiger partial charge on any atom is -0.463 e. The Bertz CT molecular complexity index is 787. The minimum absolute atomic E-state index is 0.0383. The van der Waals surface area contributed by atoms with Gasteiger partial charge in [0, 0.05) is 17.2 Å². The van der Waals surface area contributed by atoms with Crippen molar-refractivity contribution in [1.82, 2.24) is 0 Å². The van der Waals surface area contributed by atoms with E-state index in [-0.39, 0.29) is 11.8 Å². The molecule has 23 heavy (non-hydrogen) atoms. The molecule has 2 aromatic carbocycles. The van der Waals surface area contributed by atoms with Gasteiger partial charge in [-0.25, -0.2) is 4.79 Å². The summed E-state index contributed by atoms with van der Waals surface area (Å²) in [5, 5.41) is 0. The second-order valence-electron chi connectivity index (χ2n) is 5.53. The first kappa shape index (κ1) is 15.2. The standard InChI is InChI=1S/C20H18O3/c1-2-3-12-23-19(21)11-9-14-8-10-16-15-6-4-5-7-17(15)20(22)18(16)13-14/h4-11,13H,2-3,12H2,1H3/b11-9-. The van der Waals surface area contributed by atoms with Gasteiger partial charge in [-0.05, 0) is 35.3 Å². The number of hydrogen-bond acceptors (Lipinski definition) is 3. The van der Waals surface area contributed by atoms with Gasteiger partial charge < -0.3 is 4.74 Å². The van der Waals surface area contributed by atoms with Crippen molar-refractivity contribution < 1.29 is 14.3 Å². The zero-order chi connectivity index (χ0) is 16.2. The first-order chi connectivity index (χ1) is 11.2. The molecule has 0 bridgehead atoms. The molecule has 1 aliphatic carbocycles. The maximum Gasteiger partial charge on any atom is 0.330 e. The fourth-order valence-corrected chi connectivity index (χ4v) is 2.68. The SMILES string of the molecule is CCCCOC(=O)/C=C\c1ccc2c(c1)C(=O)c1ccccc1-2. The van der Waals surface area contributed by atoms with E-state index in [1.165, 1.54) is 6.08 Å². The number of hydrogen-bond donors (Lipinski definition) is 0. The Hall–Kier alpha value is -2.68. The molecule has 3 nitrogen and oxygen atoms in total. The van der Waals surface area contributed by atoms with Gasteiger partial charge in [-0.1, -0.05) is 49.7 Å². The van der Waals surface area contributed by atoms with Crippen LogP contribution in [0.3, 0.4) is 0 Å². The Morgan fingerprint density at radius 2 is 1.78 bits per heavy atom. The molecule has 0 heterocycles. The van der Waals surface area contributed by atoms with Crippen molar-refractivity contribution in [3.05, 3.63) is 65.2 Å². The van der Waals surface area contributed by atoms with Gasteiger partial charge in [-0.15, -0.1) is 0 Å². The Balaban J connectivity index is 1.78. The number of rotatable bonds is 5. The second kappa shape index (κ2) is 6.61. The molecular formula is C20H18O3. The molecule has 0 aliphatic heterocycles. The molecule has 0 amide bonds. The topological polar surface area (TPSA) is 43.4 Å². The fourth-order valence-electron chi connectivity index (χ4n) is 2.68. The van der Waals surface area contributed by atoms with Crippen molar-refractivity contribution in [2.75, 3.05) is 6.61 Å². The molecule has 0 atom stereocenters. The second-order valence-corrected chi connectivity index (χ2v) is 5.53. The van der Waals surface area contributed by atoms with Crippen LogP contribution in [0, 0.1) is 0 Å². The van der Waals surface area contributed by atoms with Crippen LogP contribution in [-0.4, -0.2) is 18.4 Å². The summed E-state index contributed by atoms with van der Waals surface area (Å²) in [5.74, 6) is -0.315. The zero-order valence-corrected chi connectivity index (χ0v) is 13.0. The van der Waals surface area contributed by atoms with Gasteiger partial charge in [0.1, 0.15) is 0 Å². The van der Waals surface area contributed by atoms with Crippen molar-refractivity contribution in [1.29, 1.82) is 0 Å². The highest BCUT2D eigenvalue weighted by atomic mass is 16.5. The number of fused-ring (bicyclic) bond motifs is 3. The molecule has 2 aromatic rings. The molecule has 0 radical (unpaired) electrons. The minimum atomic E-state index is -0.353. The third-order valence-corrected chi connectivity index (χ3v) is 3.90. The summed E-state index contributed by atoms with van der Waals surface area (Å²) in [6.45, 7) is 2.49. The lowest BCUT2D eigenvalue weighted by Gasteiger charge is -2.01. The Morgan fingerprint density at radius 1 is 1.04 bits per heavy atom. The molecule has 1 aliphatic rings. The predicted molar refractivity (Wildman–Crippen MR) is 90.2 cm³/mol. The van der Waals surface area contributed by atoms with Crippen LogP contribution in [-0.2, 0) is 9.53 Å². The largest absolute Gasteiger partial charge is 0.463 e. The average molecular weight is 306 g/mol. The van der Waals surface area contributed by atoms with E-state index >= 15 is 0 Å². The Kier molecular flexibility index (Phi) is 4.38. The van der Waals surface area contributed by atoms with E-state index < -0.39 is 0 Å². The van der Waals surface area contributed by atoms with Crippen molar-refractivity contribution in [2.45, 2.75) is 19.8 Å². The van der Waals surface area contributed by atoms with E-state index in [1.54, 1.807) is 6.08 Å². The van der Waals surface area contributed by atoms with E-state index in [0.717, 1.165) is 35.1 Å². The lowest BCUT2D eigenvalue weighted by atomic mass is 10.0. The van der Waals surface area contributed by atoms with Gasteiger partial charge in [0.25, 0.3) is 0 Å². The summed E-state index contributed by atoms with van der Waals surface area (Å²) < 4.78 is 5.08. The van der Waals surface area contributed by atoms with Crippen LogP contribution >= 0.6 is 0 Å². The highest BCUT2D eigenvalue weighted by Crippen LogP contribution is 2.36. The predicted octanol–water partition coefficient (Wildman–Crippen LogP) is 4.25. The lowest BCUT2D eigenvalue weighted by molar-refractivity contribution is -0.137. The first-order valence-corrected chi connectivity index (χ1v) is 7.83. The number of ether oxygens (including phenoxy) is 1. The molecule has 0 unspecified atom stereocenters. The molecule has 0 spiro atoms. The summed E-state index contributed by atoms with van der Waals surface area (Å²) in [6.07, 6.45) is 4.95. The average Bonchev–Trinajstić information content (AvgIpc) is 2.86. The van der Waals surface area contributed by atoms with E-state index in [2.05, 4.69) is 0 Å². The molecule has 0 fully saturated rings. The van der Waals surface area contributed by atoms with Gasteiger partial charge in [-0.3, -0.25) is 4.79 Å². The van der Waals surface area contributed by atoms with Gasteiger partial charge in [0.05, 0.1) is 6.61 Å². The van der Waals surface area contributed by atoms with Crippen LogP contribution in [0.25, 0.3) is 17.2 Å². The van der Waals surface area contributed by atoms with Crippen LogP contribution in [0.1, 0.15) is 41.3 Å². The third-order valence-electron chi connectivity index (χ3n) is 3.90. The number of benzene rings is 2. The van der Waals surface area contributed by atoms with E-state index in [9.17, 15) is 9.59 Å². The molecule has 0 saturated carbocycles. The normalized spacial score (nSPS) is 12.3. The first-order valence-electron chi connectivity index (χ1n) is 7.83. The number of unbranched alkanes of at least 4 members (excludes halogenated alkanes) is 1. The van der Waals surface area contributed by atoms with E-state index in [1.807, 2.05) is 49.4 Å². The maximum absolute atomic E-state index is 12.4. The smallest absolute Gasteiger partial charge is 0.330 e. The van der Waals surface area contributed by atoms with Crippen molar-refractivity contribution in [3.63, 3.8) is 0 Å². The maximum atomic E-state index is 12.4. The molecule has 3 rings (SSSR count). The monoisotopic (exact) mass is 306 g/mol. The zero-order valence-electron chi connectivity index (χ0n) is 13.0. The molecule has 0 N–H and O–H groups in total. The van der Waals surface area contributed by atoms with Crippen LogP contribution in [0.5, 0.6) is 0 Å². The summed E-state index contributed by atoms with van der Waals surface area (Å²) in [6, 6.07) is 13.3. The Morgan fingerprint density at radius 3 is 2.57 bits per heavy atom. The highest BCUT2D eigenvalue weighted by molar-refractivity contribution is 6.21. The van der Waals surface area contributed by atoms with Gasteiger partial charge in [0.2, 0.25) is 0 Å². The quantitative estimate of drug-likeness (QED) is 0.402. The van der Waals surface area contributed by atoms with Crippen LogP contribution in [0.2, 0.25) is 0 Å². The van der Waals surface area contributed by atoms with Crippen LogP contribution < -0.4 is 0 Å². The highest BCUT2D eigenvalue weighted by Gasteiger charge is 2.25. The van der Waals surface area contributed by atoms with Crippen molar-refractivity contribution in [2.24, 2.45) is 0 Å². The summed E-state index contributed by atoms with van der Waals surface area (Å²) >= 11 is 0. The molecular weight excluding hydrogens is 288 g/mol. The summed E-state index contributed by atoms with van der Waals surface area (Å²) in [7, 11) is 0.